The molecule has 0 saturated carbocycles. The van der Waals surface area contributed by atoms with E-state index in [2.05, 4.69) is 21.5 Å². The standard InChI is InChI=1S/C11H15N3.C6H16O3Si.C3H6.2ClH.Co/c1-8(12-3)10-6-5-7-11(14-10)9(2)13-4;1-4-7-10(8-5-2)9-6-3;1-3-2;;;/h5-7H,1-4H3;10H,4-6H2,1-3H3;3H,1H2,2H3;2*1H;/q;;;;;+2/p-2. The molecule has 0 fully saturated rings. The van der Waals surface area contributed by atoms with Crippen molar-refractivity contribution in [2.24, 2.45) is 9.98 Å². The van der Waals surface area contributed by atoms with Gasteiger partial charge in [0.05, 0.1) is 22.8 Å². The number of hydrogen-bond donors (Lipinski definition) is 0. The summed E-state index contributed by atoms with van der Waals surface area (Å²) in [7, 11) is 11.3. The van der Waals surface area contributed by atoms with E-state index in [-0.39, 0.29) is 0 Å². The van der Waals surface area contributed by atoms with Gasteiger partial charge in [-0.25, -0.2) is 4.98 Å². The van der Waals surface area contributed by atoms with Crippen LogP contribution in [-0.2, 0) is 26.2 Å². The molecule has 10 heteroatoms. The average Bonchev–Trinajstić information content (AvgIpc) is 2.75. The molecule has 177 valence electrons. The van der Waals surface area contributed by atoms with Crippen LogP contribution in [0, 0.1) is 0 Å². The molecule has 1 heterocycles. The zero-order valence-corrected chi connectivity index (χ0v) is 23.1. The number of rotatable bonds is 8. The summed E-state index contributed by atoms with van der Waals surface area (Å²) in [4.78, 5) is 12.7. The van der Waals surface area contributed by atoms with E-state index in [4.69, 9.17) is 33.6 Å². The van der Waals surface area contributed by atoms with Gasteiger partial charge >= 0.3 is 42.7 Å². The number of nitrogens with zero attached hydrogens (tertiary/aromatic N) is 3. The summed E-state index contributed by atoms with van der Waals surface area (Å²) in [6, 6.07) is 5.88. The monoisotopic (exact) mass is 524 g/mol. The van der Waals surface area contributed by atoms with Crippen LogP contribution in [0.2, 0.25) is 0 Å². The molecule has 6 nitrogen and oxygen atoms in total. The van der Waals surface area contributed by atoms with E-state index >= 15 is 0 Å². The van der Waals surface area contributed by atoms with Gasteiger partial charge in [-0.15, -0.1) is 6.58 Å². The Morgan fingerprint density at radius 3 is 1.53 bits per heavy atom. The van der Waals surface area contributed by atoms with E-state index in [9.17, 15) is 0 Å². The first-order chi connectivity index (χ1) is 14.4. The van der Waals surface area contributed by atoms with E-state index in [1.807, 2.05) is 59.7 Å². The van der Waals surface area contributed by atoms with Crippen molar-refractivity contribution in [1.29, 1.82) is 0 Å². The van der Waals surface area contributed by atoms with Gasteiger partial charge in [-0.05, 0) is 53.7 Å². The third kappa shape index (κ3) is 20.7. The van der Waals surface area contributed by atoms with Crippen LogP contribution in [0.4, 0.5) is 0 Å². The summed E-state index contributed by atoms with van der Waals surface area (Å²) in [5, 5.41) is 0. The Kier molecular flexibility index (Phi) is 30.0. The minimum absolute atomic E-state index is 0.382. The van der Waals surface area contributed by atoms with Crippen LogP contribution in [0.5, 0.6) is 0 Å². The molecule has 0 aliphatic carbocycles. The summed E-state index contributed by atoms with van der Waals surface area (Å²) in [6.45, 7) is 17.0. The van der Waals surface area contributed by atoms with Crippen molar-refractivity contribution < 1.29 is 26.2 Å². The molecule has 1 rings (SSSR count). The van der Waals surface area contributed by atoms with Gasteiger partial charge in [0.25, 0.3) is 0 Å². The molecule has 0 bridgehead atoms. The van der Waals surface area contributed by atoms with Gasteiger partial charge in [0.1, 0.15) is 0 Å². The van der Waals surface area contributed by atoms with E-state index in [0.29, 0.717) is 32.7 Å². The Morgan fingerprint density at radius 2 is 1.30 bits per heavy atom. The summed E-state index contributed by atoms with van der Waals surface area (Å²) >= 11 is 0.382. The van der Waals surface area contributed by atoms with E-state index < -0.39 is 9.53 Å². The summed E-state index contributed by atoms with van der Waals surface area (Å²) in [6.07, 6.45) is 1.75. The Morgan fingerprint density at radius 1 is 1.00 bits per heavy atom. The minimum atomic E-state index is -1.73. The van der Waals surface area contributed by atoms with Crippen molar-refractivity contribution in [2.75, 3.05) is 33.9 Å². The third-order valence-electron chi connectivity index (χ3n) is 3.07. The number of halogens is 2. The molecule has 30 heavy (non-hydrogen) atoms. The van der Waals surface area contributed by atoms with Crippen molar-refractivity contribution >= 4 is 41.2 Å². The molecule has 1 aromatic rings. The van der Waals surface area contributed by atoms with Crippen LogP contribution < -0.4 is 0 Å². The molecule has 0 unspecified atom stereocenters. The Bertz CT molecular complexity index is 547. The molecule has 0 aromatic carbocycles. The normalized spacial score (nSPS) is 10.9. The second-order valence-electron chi connectivity index (χ2n) is 5.14. The molecule has 0 aliphatic rings. The Balaban J connectivity index is -0.000000398. The molecular weight excluding hydrogens is 488 g/mol. The Labute approximate surface area is 199 Å². The summed E-state index contributed by atoms with van der Waals surface area (Å²) in [5.74, 6) is 0. The average molecular weight is 525 g/mol. The fourth-order valence-electron chi connectivity index (χ4n) is 1.62. The zero-order chi connectivity index (χ0) is 23.8. The van der Waals surface area contributed by atoms with Crippen LogP contribution in [0.25, 0.3) is 0 Å². The molecule has 0 spiro atoms. The SMILES string of the molecule is C=CC.CCO[SiH](OCC)OCC.CN=C(C)c1cccc(C(C)=NC)n1.[Cl][Co][Cl]. The number of allylic oxidation sites excluding steroid dienone is 1. The van der Waals surface area contributed by atoms with Crippen molar-refractivity contribution in [3.8, 4) is 0 Å². The van der Waals surface area contributed by atoms with Crippen LogP contribution in [0.1, 0.15) is 52.9 Å². The van der Waals surface area contributed by atoms with Crippen LogP contribution in [0.3, 0.4) is 0 Å². The van der Waals surface area contributed by atoms with Gasteiger partial charge in [0, 0.05) is 33.9 Å². The first kappa shape index (κ1) is 34.0. The van der Waals surface area contributed by atoms with Crippen molar-refractivity contribution in [2.45, 2.75) is 41.5 Å². The number of hydrogen-bond acceptors (Lipinski definition) is 6. The maximum absolute atomic E-state index is 5.22. The van der Waals surface area contributed by atoms with Crippen molar-refractivity contribution in [3.05, 3.63) is 42.2 Å². The first-order valence-corrected chi connectivity index (χ1v) is 13.7. The van der Waals surface area contributed by atoms with Crippen molar-refractivity contribution in [1.82, 2.24) is 4.98 Å². The molecule has 1 aromatic heterocycles. The predicted molar refractivity (Wildman–Crippen MR) is 130 cm³/mol. The Hall–Kier alpha value is -0.587. The fourth-order valence-corrected chi connectivity index (χ4v) is 2.72. The second-order valence-corrected chi connectivity index (χ2v) is 8.43. The quantitative estimate of drug-likeness (QED) is 0.261. The van der Waals surface area contributed by atoms with Crippen LogP contribution >= 0.6 is 20.3 Å². The second kappa shape index (κ2) is 26.4. The van der Waals surface area contributed by atoms with Gasteiger partial charge in [-0.2, -0.15) is 0 Å². The molecule has 0 aliphatic heterocycles. The molecular formula is C20H37Cl2CoN3O3Si. The van der Waals surface area contributed by atoms with E-state index in [1.165, 1.54) is 0 Å². The van der Waals surface area contributed by atoms with Crippen molar-refractivity contribution in [3.63, 3.8) is 0 Å². The zero-order valence-electron chi connectivity index (χ0n) is 19.4. The molecule has 0 atom stereocenters. The van der Waals surface area contributed by atoms with Gasteiger partial charge < -0.3 is 13.3 Å². The predicted octanol–water partition coefficient (Wildman–Crippen LogP) is 5.34. The van der Waals surface area contributed by atoms with Gasteiger partial charge in [0.15, 0.2) is 0 Å². The molecule has 0 radical (unpaired) electrons. The molecule has 0 saturated heterocycles. The molecule has 0 N–H and O–H groups in total. The number of pyridine rings is 1. The first-order valence-electron chi connectivity index (χ1n) is 9.46. The summed E-state index contributed by atoms with van der Waals surface area (Å²) < 4.78 is 15.7. The number of aromatic nitrogens is 1. The maximum atomic E-state index is 5.22. The van der Waals surface area contributed by atoms with Gasteiger partial charge in [-0.1, -0.05) is 12.1 Å². The van der Waals surface area contributed by atoms with E-state index in [0.717, 1.165) is 22.8 Å². The van der Waals surface area contributed by atoms with Crippen LogP contribution in [-0.4, -0.2) is 59.9 Å². The van der Waals surface area contributed by atoms with E-state index in [1.54, 1.807) is 20.2 Å². The molecule has 0 amide bonds. The van der Waals surface area contributed by atoms with Gasteiger partial charge in [-0.3, -0.25) is 9.98 Å². The fraction of sp³-hybridized carbons (Fsp3) is 0.550. The van der Waals surface area contributed by atoms with Gasteiger partial charge in [0.2, 0.25) is 0 Å². The number of aliphatic imine (C=N–C) groups is 2. The third-order valence-corrected chi connectivity index (χ3v) is 4.89. The topological polar surface area (TPSA) is 65.3 Å². The van der Waals surface area contributed by atoms with Crippen LogP contribution in [0.15, 0.2) is 40.8 Å². The summed E-state index contributed by atoms with van der Waals surface area (Å²) in [5.41, 5.74) is 3.70.